The van der Waals surface area contributed by atoms with E-state index < -0.39 is 0 Å². The lowest BCUT2D eigenvalue weighted by Gasteiger charge is -2.05. The normalized spacial score (nSPS) is 12.8. The number of hydrogen-bond acceptors (Lipinski definition) is 2. The molecule has 6 aromatic rings. The smallest absolute Gasteiger partial charge is 0.144 e. The molecule has 0 saturated carbocycles. The van der Waals surface area contributed by atoms with Gasteiger partial charge in [-0.05, 0) is 75.7 Å². The second-order valence-electron chi connectivity index (χ2n) is 10.3. The summed E-state index contributed by atoms with van der Waals surface area (Å²) in [6.07, 6.45) is 8.63. The fourth-order valence-corrected chi connectivity index (χ4v) is 5.99. The molecule has 188 valence electrons. The van der Waals surface area contributed by atoms with Crippen LogP contribution in [-0.2, 0) is 6.42 Å². The Bertz CT molecular complexity index is 2220. The molecule has 0 amide bonds. The molecule has 4 aromatic carbocycles. The predicted octanol–water partition coefficient (Wildman–Crippen LogP) is 7.60. The number of hydrogen-bond donors (Lipinski definition) is 1. The monoisotopic (exact) mass is 512 g/mol. The quantitative estimate of drug-likeness (QED) is 0.258. The van der Waals surface area contributed by atoms with Gasteiger partial charge in [-0.2, -0.15) is 0 Å². The van der Waals surface area contributed by atoms with Gasteiger partial charge in [0.05, 0.1) is 17.1 Å². The van der Waals surface area contributed by atoms with Gasteiger partial charge in [0.15, 0.2) is 0 Å². The first-order chi connectivity index (χ1) is 19.7. The molecule has 2 aromatic heterocycles. The van der Waals surface area contributed by atoms with Crippen LogP contribution in [-0.4, -0.2) is 9.97 Å². The number of aromatic nitrogens is 2. The van der Waals surface area contributed by atoms with Crippen LogP contribution in [0.15, 0.2) is 103 Å². The fourth-order valence-electron chi connectivity index (χ4n) is 5.99. The molecule has 0 unspecified atom stereocenters. The highest BCUT2D eigenvalue weighted by Gasteiger charge is 2.21. The van der Waals surface area contributed by atoms with Crippen LogP contribution in [0, 0.1) is 0 Å². The lowest BCUT2D eigenvalue weighted by Crippen LogP contribution is -2.15. The predicted molar refractivity (Wildman–Crippen MR) is 165 cm³/mol. The van der Waals surface area contributed by atoms with E-state index in [1.54, 1.807) is 0 Å². The number of H-pyrrole nitrogens is 1. The van der Waals surface area contributed by atoms with Crippen LogP contribution in [0.3, 0.4) is 0 Å². The number of furan rings is 1. The average Bonchev–Trinajstić information content (AvgIpc) is 3.78. The molecule has 2 heterocycles. The summed E-state index contributed by atoms with van der Waals surface area (Å²) in [5.41, 5.74) is 18.0. The van der Waals surface area contributed by atoms with Crippen molar-refractivity contribution in [2.45, 2.75) is 6.42 Å². The average molecular weight is 513 g/mol. The van der Waals surface area contributed by atoms with E-state index in [1.165, 1.54) is 22.3 Å². The molecule has 2 aliphatic carbocycles. The van der Waals surface area contributed by atoms with Gasteiger partial charge >= 0.3 is 0 Å². The third-order valence-electron chi connectivity index (χ3n) is 8.03. The van der Waals surface area contributed by atoms with Gasteiger partial charge in [-0.1, -0.05) is 85.6 Å². The van der Waals surface area contributed by atoms with Gasteiger partial charge in [-0.25, -0.2) is 4.98 Å². The zero-order valence-electron chi connectivity index (χ0n) is 21.8. The minimum absolute atomic E-state index is 0.820. The Morgan fingerprint density at radius 3 is 2.58 bits per heavy atom. The summed E-state index contributed by atoms with van der Waals surface area (Å²) in [6, 6.07) is 27.7. The molecular weight excluding hydrogens is 488 g/mol. The zero-order chi connectivity index (χ0) is 26.8. The largest absolute Gasteiger partial charge is 0.455 e. The number of rotatable bonds is 5. The van der Waals surface area contributed by atoms with Gasteiger partial charge in [0.2, 0.25) is 0 Å². The highest BCUT2D eigenvalue weighted by molar-refractivity contribution is 6.00. The van der Waals surface area contributed by atoms with E-state index in [1.807, 2.05) is 18.3 Å². The van der Waals surface area contributed by atoms with Crippen LogP contribution in [0.1, 0.15) is 27.8 Å². The van der Waals surface area contributed by atoms with Gasteiger partial charge in [-0.3, -0.25) is 0 Å². The van der Waals surface area contributed by atoms with Crippen molar-refractivity contribution in [3.05, 3.63) is 137 Å². The molecule has 0 fully saturated rings. The SMILES string of the molecule is C=Cc1ccc(-c2cnc(-c3cccc(C4=C=c5c(oc6cc7c(cc56)Cc5ccccc5-7)=C4)c3)[nH]2)cc1C=C. The van der Waals surface area contributed by atoms with Crippen LogP contribution >= 0.6 is 0 Å². The molecular formula is C37H24N2O. The molecule has 0 aliphatic heterocycles. The summed E-state index contributed by atoms with van der Waals surface area (Å²) in [6.45, 7) is 7.82. The van der Waals surface area contributed by atoms with E-state index in [-0.39, 0.29) is 0 Å². The van der Waals surface area contributed by atoms with Crippen molar-refractivity contribution >= 4 is 40.5 Å². The van der Waals surface area contributed by atoms with Crippen molar-refractivity contribution in [1.82, 2.24) is 9.97 Å². The molecule has 0 radical (unpaired) electrons. The molecule has 0 atom stereocenters. The van der Waals surface area contributed by atoms with Crippen molar-refractivity contribution < 1.29 is 4.42 Å². The highest BCUT2D eigenvalue weighted by Crippen LogP contribution is 2.38. The first kappa shape index (κ1) is 22.6. The number of allylic oxidation sites excluding steroid dienone is 1. The maximum absolute atomic E-state index is 6.33. The zero-order valence-corrected chi connectivity index (χ0v) is 21.8. The molecule has 3 heteroatoms. The van der Waals surface area contributed by atoms with Crippen molar-refractivity contribution in [2.24, 2.45) is 0 Å². The second-order valence-corrected chi connectivity index (χ2v) is 10.3. The highest BCUT2D eigenvalue weighted by atomic mass is 16.3. The Morgan fingerprint density at radius 2 is 1.68 bits per heavy atom. The number of fused-ring (bicyclic) bond motifs is 6. The number of nitrogens with zero attached hydrogens (tertiary/aromatic N) is 1. The van der Waals surface area contributed by atoms with Crippen molar-refractivity contribution in [3.63, 3.8) is 0 Å². The molecule has 1 N–H and O–H groups in total. The van der Waals surface area contributed by atoms with Crippen molar-refractivity contribution in [3.8, 4) is 33.8 Å². The minimum atomic E-state index is 0.820. The Balaban J connectivity index is 1.17. The van der Waals surface area contributed by atoms with Crippen LogP contribution < -0.4 is 10.6 Å². The maximum Gasteiger partial charge on any atom is 0.144 e. The molecule has 3 nitrogen and oxygen atoms in total. The van der Waals surface area contributed by atoms with Gasteiger partial charge in [0.25, 0.3) is 0 Å². The Labute approximate surface area is 231 Å². The van der Waals surface area contributed by atoms with Gasteiger partial charge in [0.1, 0.15) is 16.8 Å². The van der Waals surface area contributed by atoms with E-state index in [0.717, 1.165) is 72.9 Å². The van der Waals surface area contributed by atoms with Gasteiger partial charge in [-0.15, -0.1) is 0 Å². The summed E-state index contributed by atoms with van der Waals surface area (Å²) in [5.74, 6) is 0.820. The van der Waals surface area contributed by atoms with Crippen molar-refractivity contribution in [2.75, 3.05) is 0 Å². The summed E-state index contributed by atoms with van der Waals surface area (Å²) < 4.78 is 6.33. The van der Waals surface area contributed by atoms with E-state index >= 15 is 0 Å². The third-order valence-corrected chi connectivity index (χ3v) is 8.03. The number of benzene rings is 4. The molecule has 40 heavy (non-hydrogen) atoms. The summed E-state index contributed by atoms with van der Waals surface area (Å²) >= 11 is 0. The molecule has 0 bridgehead atoms. The van der Waals surface area contributed by atoms with Crippen LogP contribution in [0.5, 0.6) is 0 Å². The molecule has 0 spiro atoms. The van der Waals surface area contributed by atoms with E-state index in [4.69, 9.17) is 4.42 Å². The lowest BCUT2D eigenvalue weighted by molar-refractivity contribution is 0.577. The first-order valence-electron chi connectivity index (χ1n) is 13.4. The Morgan fingerprint density at radius 1 is 0.800 bits per heavy atom. The van der Waals surface area contributed by atoms with Crippen LogP contribution in [0.25, 0.3) is 74.3 Å². The Kier molecular flexibility index (Phi) is 4.84. The molecule has 2 aliphatic rings. The Hall–Kier alpha value is -5.37. The first-order valence-corrected chi connectivity index (χ1v) is 13.4. The van der Waals surface area contributed by atoms with Gasteiger partial charge < -0.3 is 9.40 Å². The fraction of sp³-hybridized carbons (Fsp3) is 0.0270. The van der Waals surface area contributed by atoms with E-state index in [0.29, 0.717) is 0 Å². The second kappa shape index (κ2) is 8.57. The maximum atomic E-state index is 6.33. The summed E-state index contributed by atoms with van der Waals surface area (Å²) in [7, 11) is 0. The van der Waals surface area contributed by atoms with Crippen LogP contribution in [0.4, 0.5) is 0 Å². The van der Waals surface area contributed by atoms with Crippen LogP contribution in [0.2, 0.25) is 0 Å². The molecule has 8 rings (SSSR count). The molecule has 0 saturated heterocycles. The lowest BCUT2D eigenvalue weighted by atomic mass is 10.0. The van der Waals surface area contributed by atoms with E-state index in [2.05, 4.69) is 114 Å². The summed E-state index contributed by atoms with van der Waals surface area (Å²) in [5, 5.41) is 2.16. The number of nitrogens with one attached hydrogen (secondary N) is 1. The minimum Gasteiger partial charge on any atom is -0.455 e. The standard InChI is InChI=1S/C37H24N2O/c1-3-22-12-13-26(14-23(22)4-2)34-21-38-37(39-34)27-10-7-9-24(15-27)28-17-32-33-18-29-16-25-8-5-6-11-30(25)31(29)20-36(33)40-35(32)19-28/h3-15,18-21H,1-2,16H2,(H,38,39). The number of aromatic amines is 1. The topological polar surface area (TPSA) is 41.8 Å². The van der Waals surface area contributed by atoms with Crippen molar-refractivity contribution in [1.29, 1.82) is 0 Å². The van der Waals surface area contributed by atoms with E-state index in [9.17, 15) is 0 Å². The van der Waals surface area contributed by atoms with Gasteiger partial charge in [0, 0.05) is 22.1 Å². The third kappa shape index (κ3) is 3.42. The number of imidazole rings is 1. The summed E-state index contributed by atoms with van der Waals surface area (Å²) in [4.78, 5) is 8.18.